The largest absolute Gasteiger partial charge is 0.372 e. The summed E-state index contributed by atoms with van der Waals surface area (Å²) in [5.74, 6) is 0.921. The van der Waals surface area contributed by atoms with E-state index in [0.717, 1.165) is 52.2 Å². The zero-order chi connectivity index (χ0) is 19.2. The standard InChI is InChI=1S/C20H36N4O3/c1-15-5-3-7-18(16(15)2)21-20(26)22-19(25)14-24-10-8-23(9-11-24)13-17-6-4-12-27-17/h15-18H,3-14H2,1-2H3,(H2,21,22,25,26)/p+2/t15-,16+,17-,18+/m0/s1. The molecule has 3 aliphatic rings. The summed E-state index contributed by atoms with van der Waals surface area (Å²) in [5, 5.41) is 5.56. The molecule has 7 heteroatoms. The number of carbonyl (C=O) groups is 2. The number of hydrogen-bond donors (Lipinski definition) is 4. The van der Waals surface area contributed by atoms with E-state index in [9.17, 15) is 9.59 Å². The third kappa shape index (κ3) is 6.16. The maximum absolute atomic E-state index is 12.2. The molecule has 0 aromatic heterocycles. The van der Waals surface area contributed by atoms with Gasteiger partial charge in [0.05, 0.1) is 0 Å². The molecule has 3 fully saturated rings. The zero-order valence-corrected chi connectivity index (χ0v) is 17.0. The molecule has 0 spiro atoms. The van der Waals surface area contributed by atoms with Gasteiger partial charge >= 0.3 is 6.03 Å². The van der Waals surface area contributed by atoms with Crippen LogP contribution in [0.1, 0.15) is 46.0 Å². The smallest absolute Gasteiger partial charge is 0.321 e. The Hall–Kier alpha value is -1.18. The first-order valence-electron chi connectivity index (χ1n) is 10.9. The van der Waals surface area contributed by atoms with Crippen LogP contribution in [0, 0.1) is 11.8 Å². The average Bonchev–Trinajstić information content (AvgIpc) is 3.13. The highest BCUT2D eigenvalue weighted by Gasteiger charge is 2.30. The van der Waals surface area contributed by atoms with E-state index in [1.807, 2.05) is 0 Å². The minimum atomic E-state index is -0.326. The molecule has 3 amide bonds. The summed E-state index contributed by atoms with van der Waals surface area (Å²) in [4.78, 5) is 27.3. The first-order valence-corrected chi connectivity index (χ1v) is 10.9. The molecular weight excluding hydrogens is 344 g/mol. The Kier molecular flexibility index (Phi) is 7.49. The molecule has 0 aromatic rings. The number of ether oxygens (including phenoxy) is 1. The van der Waals surface area contributed by atoms with Gasteiger partial charge in [-0.05, 0) is 31.1 Å². The molecule has 4 atom stereocenters. The van der Waals surface area contributed by atoms with Crippen molar-refractivity contribution in [3.63, 3.8) is 0 Å². The van der Waals surface area contributed by atoms with Crippen LogP contribution >= 0.6 is 0 Å². The molecule has 2 heterocycles. The molecule has 0 aromatic carbocycles. The summed E-state index contributed by atoms with van der Waals surface area (Å²) < 4.78 is 5.73. The minimum Gasteiger partial charge on any atom is -0.372 e. The lowest BCUT2D eigenvalue weighted by Gasteiger charge is -2.34. The van der Waals surface area contributed by atoms with Gasteiger partial charge in [-0.15, -0.1) is 0 Å². The van der Waals surface area contributed by atoms with Crippen molar-refractivity contribution in [2.45, 2.75) is 58.1 Å². The van der Waals surface area contributed by atoms with Crippen LogP contribution in [0.3, 0.4) is 0 Å². The fourth-order valence-electron chi connectivity index (χ4n) is 4.85. The quantitative estimate of drug-likeness (QED) is 0.472. The highest BCUT2D eigenvalue weighted by Crippen LogP contribution is 2.29. The van der Waals surface area contributed by atoms with E-state index < -0.39 is 0 Å². The minimum absolute atomic E-state index is 0.165. The predicted octanol–water partition coefficient (Wildman–Crippen LogP) is -1.40. The summed E-state index contributed by atoms with van der Waals surface area (Å²) in [6.07, 6.45) is 6.19. The Balaban J connectivity index is 1.32. The van der Waals surface area contributed by atoms with Gasteiger partial charge in [0.2, 0.25) is 0 Å². The molecule has 2 saturated heterocycles. The fourth-order valence-corrected chi connectivity index (χ4v) is 4.85. The number of imide groups is 1. The number of carbonyl (C=O) groups excluding carboxylic acids is 2. The number of piperazine rings is 1. The van der Waals surface area contributed by atoms with Crippen LogP contribution in [-0.2, 0) is 9.53 Å². The Morgan fingerprint density at radius 3 is 2.44 bits per heavy atom. The van der Waals surface area contributed by atoms with Gasteiger partial charge in [0.25, 0.3) is 5.91 Å². The van der Waals surface area contributed by atoms with Gasteiger partial charge in [0.15, 0.2) is 6.54 Å². The van der Waals surface area contributed by atoms with Gasteiger partial charge in [0, 0.05) is 12.6 Å². The molecule has 2 aliphatic heterocycles. The van der Waals surface area contributed by atoms with E-state index in [0.29, 0.717) is 24.5 Å². The predicted molar refractivity (Wildman–Crippen MR) is 103 cm³/mol. The summed E-state index contributed by atoms with van der Waals surface area (Å²) in [6.45, 7) is 10.9. The Morgan fingerprint density at radius 2 is 1.74 bits per heavy atom. The van der Waals surface area contributed by atoms with E-state index >= 15 is 0 Å². The molecule has 0 radical (unpaired) electrons. The maximum Gasteiger partial charge on any atom is 0.321 e. The fraction of sp³-hybridized carbons (Fsp3) is 0.900. The maximum atomic E-state index is 12.2. The van der Waals surface area contributed by atoms with E-state index in [4.69, 9.17) is 4.74 Å². The third-order valence-electron chi connectivity index (χ3n) is 6.89. The third-order valence-corrected chi connectivity index (χ3v) is 6.89. The second-order valence-electron chi connectivity index (χ2n) is 8.91. The zero-order valence-electron chi connectivity index (χ0n) is 17.0. The van der Waals surface area contributed by atoms with Crippen LogP contribution in [0.25, 0.3) is 0 Å². The van der Waals surface area contributed by atoms with Crippen molar-refractivity contribution in [3.05, 3.63) is 0 Å². The Morgan fingerprint density at radius 1 is 1.00 bits per heavy atom. The first-order chi connectivity index (χ1) is 13.0. The summed E-state index contributed by atoms with van der Waals surface area (Å²) in [5.41, 5.74) is 0. The van der Waals surface area contributed by atoms with E-state index in [1.165, 1.54) is 24.2 Å². The van der Waals surface area contributed by atoms with Gasteiger partial charge in [-0.3, -0.25) is 10.1 Å². The number of quaternary nitrogens is 2. The van der Waals surface area contributed by atoms with Crippen molar-refractivity contribution in [1.29, 1.82) is 0 Å². The number of amides is 3. The van der Waals surface area contributed by atoms with Crippen LogP contribution in [0.4, 0.5) is 4.79 Å². The topological polar surface area (TPSA) is 76.3 Å². The highest BCUT2D eigenvalue weighted by atomic mass is 16.5. The van der Waals surface area contributed by atoms with E-state index in [2.05, 4.69) is 24.5 Å². The second-order valence-corrected chi connectivity index (χ2v) is 8.91. The first kappa shape index (κ1) is 20.6. The van der Waals surface area contributed by atoms with Crippen LogP contribution < -0.4 is 20.4 Å². The van der Waals surface area contributed by atoms with Crippen LogP contribution in [0.5, 0.6) is 0 Å². The molecule has 4 N–H and O–H groups in total. The number of hydrogen-bond acceptors (Lipinski definition) is 3. The highest BCUT2D eigenvalue weighted by molar-refractivity contribution is 5.94. The molecule has 7 nitrogen and oxygen atoms in total. The normalized spacial score (nSPS) is 37.0. The second kappa shape index (κ2) is 9.85. The summed E-state index contributed by atoms with van der Waals surface area (Å²) in [7, 11) is 0. The SMILES string of the molecule is C[C@@H]1[C@@H](C)CCC[C@H]1NC(=O)NC(=O)C[NH+]1CC[NH+](C[C@@H]2CCCO2)CC1. The summed E-state index contributed by atoms with van der Waals surface area (Å²) in [6, 6.07) is -0.146. The van der Waals surface area contributed by atoms with Crippen molar-refractivity contribution < 1.29 is 24.1 Å². The van der Waals surface area contributed by atoms with Crippen LogP contribution in [-0.4, -0.2) is 70.0 Å². The molecule has 27 heavy (non-hydrogen) atoms. The van der Waals surface area contributed by atoms with Crippen molar-refractivity contribution in [2.24, 2.45) is 11.8 Å². The molecule has 0 bridgehead atoms. The Labute approximate surface area is 163 Å². The summed E-state index contributed by atoms with van der Waals surface area (Å²) >= 11 is 0. The molecule has 1 aliphatic carbocycles. The van der Waals surface area contributed by atoms with Gasteiger partial charge in [-0.2, -0.15) is 0 Å². The number of urea groups is 1. The Bertz CT molecular complexity index is 501. The average molecular weight is 383 g/mol. The van der Waals surface area contributed by atoms with Gasteiger partial charge in [-0.1, -0.05) is 26.7 Å². The lowest BCUT2D eigenvalue weighted by atomic mass is 9.78. The molecular formula is C20H38N4O3+2. The van der Waals surface area contributed by atoms with Gasteiger partial charge in [-0.25, -0.2) is 4.79 Å². The van der Waals surface area contributed by atoms with Gasteiger partial charge < -0.3 is 19.9 Å². The van der Waals surface area contributed by atoms with Gasteiger partial charge in [0.1, 0.15) is 38.8 Å². The van der Waals surface area contributed by atoms with Crippen LogP contribution in [0.15, 0.2) is 0 Å². The van der Waals surface area contributed by atoms with Crippen LogP contribution in [0.2, 0.25) is 0 Å². The van der Waals surface area contributed by atoms with Crippen molar-refractivity contribution in [3.8, 4) is 0 Å². The number of nitrogens with one attached hydrogen (secondary N) is 4. The molecule has 3 rings (SSSR count). The van der Waals surface area contributed by atoms with E-state index in [1.54, 1.807) is 4.90 Å². The molecule has 154 valence electrons. The molecule has 1 saturated carbocycles. The lowest BCUT2D eigenvalue weighted by molar-refractivity contribution is -1.01. The number of rotatable bonds is 5. The lowest BCUT2D eigenvalue weighted by Crippen LogP contribution is -3.28. The van der Waals surface area contributed by atoms with E-state index in [-0.39, 0.29) is 18.0 Å². The monoisotopic (exact) mass is 382 g/mol. The van der Waals surface area contributed by atoms with Crippen molar-refractivity contribution in [1.82, 2.24) is 10.6 Å². The molecule has 0 unspecified atom stereocenters. The van der Waals surface area contributed by atoms with Crippen molar-refractivity contribution >= 4 is 11.9 Å². The van der Waals surface area contributed by atoms with Crippen molar-refractivity contribution in [2.75, 3.05) is 45.9 Å².